The van der Waals surface area contributed by atoms with Crippen LogP contribution in [-0.4, -0.2) is 33.8 Å². The number of carbonyl (C=O) groups is 2. The zero-order chi connectivity index (χ0) is 14.8. The Morgan fingerprint density at radius 3 is 3.19 bits per heavy atom. The highest BCUT2D eigenvalue weighted by Crippen LogP contribution is 2.10. The average molecular weight is 286 g/mol. The summed E-state index contributed by atoms with van der Waals surface area (Å²) in [4.78, 5) is 28.4. The Hall–Kier alpha value is -2.37. The van der Waals surface area contributed by atoms with Gasteiger partial charge in [-0.15, -0.1) is 0 Å². The Balaban J connectivity index is 1.78. The average Bonchev–Trinajstić information content (AvgIpc) is 2.78. The molecule has 2 aromatic heterocycles. The first-order valence-corrected chi connectivity index (χ1v) is 7.17. The molecule has 0 aliphatic carbocycles. The number of pyridine rings is 1. The normalized spacial score (nSPS) is 19.1. The van der Waals surface area contributed by atoms with E-state index in [1.165, 1.54) is 0 Å². The van der Waals surface area contributed by atoms with Gasteiger partial charge >= 0.3 is 0 Å². The number of aromatic nitrogens is 2. The van der Waals surface area contributed by atoms with Crippen molar-refractivity contribution in [3.8, 4) is 0 Å². The molecule has 21 heavy (non-hydrogen) atoms. The second-order valence-corrected chi connectivity index (χ2v) is 5.41. The van der Waals surface area contributed by atoms with Crippen LogP contribution in [0.4, 0.5) is 0 Å². The lowest BCUT2D eigenvalue weighted by atomic mass is 10.1. The standard InChI is InChI=1S/C15H18N4O2/c1-10-5-7-19-9-12(17-13(19)8-10)15(21)18-11-4-2-3-6-16-14(11)20/h5,7-9,11H,2-4,6H2,1H3,(H,16,20)(H,18,21)/t11-/m0/s1. The Morgan fingerprint density at radius 1 is 1.48 bits per heavy atom. The number of aryl methyl sites for hydroxylation is 1. The van der Waals surface area contributed by atoms with Crippen LogP contribution in [0.25, 0.3) is 5.65 Å². The van der Waals surface area contributed by atoms with Gasteiger partial charge in [0.15, 0.2) is 0 Å². The molecule has 0 saturated carbocycles. The van der Waals surface area contributed by atoms with Crippen LogP contribution in [0.15, 0.2) is 24.5 Å². The quantitative estimate of drug-likeness (QED) is 0.866. The predicted molar refractivity (Wildman–Crippen MR) is 78.0 cm³/mol. The van der Waals surface area contributed by atoms with Crippen molar-refractivity contribution in [2.75, 3.05) is 6.54 Å². The molecule has 0 spiro atoms. The Labute approximate surface area is 122 Å². The zero-order valence-corrected chi connectivity index (χ0v) is 11.9. The molecule has 0 bridgehead atoms. The van der Waals surface area contributed by atoms with Gasteiger partial charge < -0.3 is 15.0 Å². The number of hydrogen-bond donors (Lipinski definition) is 2. The van der Waals surface area contributed by atoms with Gasteiger partial charge in [-0.25, -0.2) is 4.98 Å². The van der Waals surface area contributed by atoms with Gasteiger partial charge in [-0.05, 0) is 43.9 Å². The van der Waals surface area contributed by atoms with Gasteiger partial charge in [-0.3, -0.25) is 9.59 Å². The number of rotatable bonds is 2. The third kappa shape index (κ3) is 2.89. The van der Waals surface area contributed by atoms with Crippen LogP contribution in [-0.2, 0) is 4.79 Å². The van der Waals surface area contributed by atoms with Crippen LogP contribution in [0.2, 0.25) is 0 Å². The molecule has 3 rings (SSSR count). The summed E-state index contributed by atoms with van der Waals surface area (Å²) in [6.07, 6.45) is 6.09. The molecular formula is C15H18N4O2. The SMILES string of the molecule is Cc1ccn2cc(C(=O)N[C@H]3CCCCNC3=O)nc2c1. The molecule has 110 valence electrons. The van der Waals surface area contributed by atoms with Crippen LogP contribution in [0, 0.1) is 6.92 Å². The van der Waals surface area contributed by atoms with Crippen LogP contribution >= 0.6 is 0 Å². The van der Waals surface area contributed by atoms with E-state index in [0.29, 0.717) is 18.7 Å². The van der Waals surface area contributed by atoms with E-state index >= 15 is 0 Å². The second kappa shape index (κ2) is 5.55. The lowest BCUT2D eigenvalue weighted by Crippen LogP contribution is -2.45. The summed E-state index contributed by atoms with van der Waals surface area (Å²) in [5.74, 6) is -0.418. The van der Waals surface area contributed by atoms with Gasteiger partial charge in [-0.1, -0.05) is 0 Å². The van der Waals surface area contributed by atoms with Gasteiger partial charge in [0.2, 0.25) is 5.91 Å². The summed E-state index contributed by atoms with van der Waals surface area (Å²) >= 11 is 0. The summed E-state index contributed by atoms with van der Waals surface area (Å²) in [6.45, 7) is 2.66. The maximum Gasteiger partial charge on any atom is 0.272 e. The highest BCUT2D eigenvalue weighted by molar-refractivity contribution is 5.96. The van der Waals surface area contributed by atoms with Crippen LogP contribution in [0.3, 0.4) is 0 Å². The van der Waals surface area contributed by atoms with Crippen molar-refractivity contribution < 1.29 is 9.59 Å². The minimum absolute atomic E-state index is 0.111. The van der Waals surface area contributed by atoms with Crippen molar-refractivity contribution in [3.05, 3.63) is 35.8 Å². The van der Waals surface area contributed by atoms with Crippen LogP contribution < -0.4 is 10.6 Å². The van der Waals surface area contributed by atoms with E-state index in [4.69, 9.17) is 0 Å². The third-order valence-electron chi connectivity index (χ3n) is 3.69. The lowest BCUT2D eigenvalue weighted by molar-refractivity contribution is -0.122. The van der Waals surface area contributed by atoms with Gasteiger partial charge in [0.1, 0.15) is 17.4 Å². The molecule has 6 heteroatoms. The molecule has 3 heterocycles. The molecule has 1 aliphatic rings. The van der Waals surface area contributed by atoms with E-state index in [0.717, 1.165) is 24.1 Å². The molecule has 1 atom stereocenters. The van der Waals surface area contributed by atoms with Crippen LogP contribution in [0.5, 0.6) is 0 Å². The molecule has 0 radical (unpaired) electrons. The first-order chi connectivity index (χ1) is 10.1. The summed E-state index contributed by atoms with van der Waals surface area (Å²) in [7, 11) is 0. The molecule has 0 aromatic carbocycles. The van der Waals surface area contributed by atoms with Gasteiger partial charge in [0.25, 0.3) is 5.91 Å². The van der Waals surface area contributed by atoms with Gasteiger partial charge in [0.05, 0.1) is 0 Å². The van der Waals surface area contributed by atoms with E-state index in [-0.39, 0.29) is 11.8 Å². The second-order valence-electron chi connectivity index (χ2n) is 5.41. The van der Waals surface area contributed by atoms with Crippen molar-refractivity contribution in [2.24, 2.45) is 0 Å². The summed E-state index contributed by atoms with van der Waals surface area (Å²) < 4.78 is 1.80. The minimum Gasteiger partial charge on any atom is -0.354 e. The van der Waals surface area contributed by atoms with Gasteiger partial charge in [0, 0.05) is 18.9 Å². The van der Waals surface area contributed by atoms with E-state index in [2.05, 4.69) is 15.6 Å². The highest BCUT2D eigenvalue weighted by Gasteiger charge is 2.23. The van der Waals surface area contributed by atoms with Crippen molar-refractivity contribution in [1.82, 2.24) is 20.0 Å². The smallest absolute Gasteiger partial charge is 0.272 e. The monoisotopic (exact) mass is 286 g/mol. The van der Waals surface area contributed by atoms with Crippen molar-refractivity contribution in [1.29, 1.82) is 0 Å². The van der Waals surface area contributed by atoms with Crippen LogP contribution in [0.1, 0.15) is 35.3 Å². The number of hydrogen-bond acceptors (Lipinski definition) is 3. The predicted octanol–water partition coefficient (Wildman–Crippen LogP) is 1.04. The number of imidazole rings is 1. The first kappa shape index (κ1) is 13.6. The topological polar surface area (TPSA) is 75.5 Å². The molecule has 1 fully saturated rings. The molecule has 6 nitrogen and oxygen atoms in total. The number of nitrogens with one attached hydrogen (secondary N) is 2. The molecule has 1 saturated heterocycles. The zero-order valence-electron chi connectivity index (χ0n) is 11.9. The fourth-order valence-corrected chi connectivity index (χ4v) is 2.50. The van der Waals surface area contributed by atoms with E-state index in [1.54, 1.807) is 10.6 Å². The minimum atomic E-state index is -0.466. The molecule has 0 unspecified atom stereocenters. The van der Waals surface area contributed by atoms with E-state index < -0.39 is 6.04 Å². The fraction of sp³-hybridized carbons (Fsp3) is 0.400. The third-order valence-corrected chi connectivity index (χ3v) is 3.69. The lowest BCUT2D eigenvalue weighted by Gasteiger charge is -2.13. The Bertz CT molecular complexity index is 692. The summed E-state index contributed by atoms with van der Waals surface area (Å²) in [6, 6.07) is 3.40. The van der Waals surface area contributed by atoms with Gasteiger partial charge in [-0.2, -0.15) is 0 Å². The van der Waals surface area contributed by atoms with Crippen molar-refractivity contribution in [3.63, 3.8) is 0 Å². The maximum atomic E-state index is 12.3. The largest absolute Gasteiger partial charge is 0.354 e. The summed E-state index contributed by atoms with van der Waals surface area (Å²) in [5.41, 5.74) is 2.14. The Morgan fingerprint density at radius 2 is 2.33 bits per heavy atom. The number of fused-ring (bicyclic) bond motifs is 1. The molecule has 2 N–H and O–H groups in total. The van der Waals surface area contributed by atoms with E-state index in [1.807, 2.05) is 25.3 Å². The van der Waals surface area contributed by atoms with Crippen molar-refractivity contribution in [2.45, 2.75) is 32.2 Å². The first-order valence-electron chi connectivity index (χ1n) is 7.17. The molecule has 1 aliphatic heterocycles. The van der Waals surface area contributed by atoms with Crippen molar-refractivity contribution >= 4 is 17.5 Å². The number of carbonyl (C=O) groups excluding carboxylic acids is 2. The molecule has 2 amide bonds. The highest BCUT2D eigenvalue weighted by atomic mass is 16.2. The molecular weight excluding hydrogens is 268 g/mol. The number of nitrogens with zero attached hydrogens (tertiary/aromatic N) is 2. The summed E-state index contributed by atoms with van der Waals surface area (Å²) in [5, 5.41) is 5.58. The Kier molecular flexibility index (Phi) is 3.60. The fourth-order valence-electron chi connectivity index (χ4n) is 2.50. The maximum absolute atomic E-state index is 12.3. The van der Waals surface area contributed by atoms with E-state index in [9.17, 15) is 9.59 Å². The number of amides is 2. The molecule has 2 aromatic rings.